The van der Waals surface area contributed by atoms with Crippen LogP contribution in [-0.2, 0) is 9.59 Å². The zero-order valence-electron chi connectivity index (χ0n) is 17.2. The van der Waals surface area contributed by atoms with Crippen molar-refractivity contribution in [2.45, 2.75) is 13.0 Å². The van der Waals surface area contributed by atoms with Gasteiger partial charge >= 0.3 is 0 Å². The molecule has 8 heteroatoms. The summed E-state index contributed by atoms with van der Waals surface area (Å²) in [5.74, 6) is -1.67. The van der Waals surface area contributed by atoms with Crippen LogP contribution in [0.5, 0.6) is 5.75 Å². The first kappa shape index (κ1) is 21.9. The number of nitrogens with zero attached hydrogens (tertiary/aromatic N) is 2. The molecule has 1 N–H and O–H groups in total. The maximum absolute atomic E-state index is 13.2. The quantitative estimate of drug-likeness (QED) is 0.317. The van der Waals surface area contributed by atoms with Crippen LogP contribution in [0.15, 0.2) is 66.5 Å². The zero-order chi connectivity index (χ0) is 23.0. The highest BCUT2D eigenvalue weighted by Crippen LogP contribution is 2.44. The number of carbonyl (C=O) groups is 2. The topological polar surface area (TPSA) is 79.7 Å². The van der Waals surface area contributed by atoms with Crippen LogP contribution >= 0.6 is 23.2 Å². The number of pyridine rings is 1. The standard InChI is InChI=1S/C24H18Cl2N2O4/c1-13-10-15(25)5-7-18(13)28-21(14-4-3-9-27-12-14)20(23(30)24(28)31)22(29)17-11-16(26)6-8-19(17)32-2/h3-12,21,29H,1-2H3/b22-20+. The van der Waals surface area contributed by atoms with Crippen LogP contribution < -0.4 is 9.64 Å². The summed E-state index contributed by atoms with van der Waals surface area (Å²) in [6, 6.07) is 12.2. The molecule has 0 aliphatic carbocycles. The average Bonchev–Trinajstić information content (AvgIpc) is 3.04. The molecule has 1 aliphatic heterocycles. The molecule has 4 rings (SSSR count). The molecule has 0 saturated carbocycles. The SMILES string of the molecule is COc1ccc(Cl)cc1/C(O)=C1\C(=O)C(=O)N(c2ccc(Cl)cc2C)C1c1cccnc1. The first-order chi connectivity index (χ1) is 15.3. The Kier molecular flexibility index (Phi) is 5.91. The molecule has 6 nitrogen and oxygen atoms in total. The molecule has 1 saturated heterocycles. The molecule has 0 bridgehead atoms. The van der Waals surface area contributed by atoms with Crippen molar-refractivity contribution in [2.75, 3.05) is 12.0 Å². The van der Waals surface area contributed by atoms with Gasteiger partial charge in [-0.3, -0.25) is 19.5 Å². The van der Waals surface area contributed by atoms with Gasteiger partial charge in [-0.2, -0.15) is 0 Å². The van der Waals surface area contributed by atoms with Gasteiger partial charge in [-0.05, 0) is 60.5 Å². The molecule has 2 aromatic carbocycles. The second-order valence-corrected chi connectivity index (χ2v) is 8.10. The lowest BCUT2D eigenvalue weighted by molar-refractivity contribution is -0.132. The van der Waals surface area contributed by atoms with Crippen molar-refractivity contribution in [1.29, 1.82) is 0 Å². The third kappa shape index (κ3) is 3.72. The van der Waals surface area contributed by atoms with E-state index in [2.05, 4.69) is 4.98 Å². The number of rotatable bonds is 4. The highest BCUT2D eigenvalue weighted by atomic mass is 35.5. The predicted molar refractivity (Wildman–Crippen MR) is 123 cm³/mol. The Morgan fingerprint density at radius 1 is 1.09 bits per heavy atom. The van der Waals surface area contributed by atoms with Crippen molar-refractivity contribution in [3.05, 3.63) is 93.2 Å². The van der Waals surface area contributed by atoms with E-state index in [1.54, 1.807) is 61.8 Å². The van der Waals surface area contributed by atoms with Gasteiger partial charge < -0.3 is 9.84 Å². The summed E-state index contributed by atoms with van der Waals surface area (Å²) in [4.78, 5) is 31.9. The molecule has 1 atom stereocenters. The molecule has 1 unspecified atom stereocenters. The largest absolute Gasteiger partial charge is 0.507 e. The average molecular weight is 469 g/mol. The Hall–Kier alpha value is -3.35. The molecule has 0 radical (unpaired) electrons. The van der Waals surface area contributed by atoms with Crippen molar-refractivity contribution < 1.29 is 19.4 Å². The summed E-state index contributed by atoms with van der Waals surface area (Å²) in [7, 11) is 1.44. The van der Waals surface area contributed by atoms with E-state index in [-0.39, 0.29) is 16.9 Å². The van der Waals surface area contributed by atoms with Crippen molar-refractivity contribution in [1.82, 2.24) is 4.98 Å². The van der Waals surface area contributed by atoms with E-state index in [9.17, 15) is 14.7 Å². The van der Waals surface area contributed by atoms with Gasteiger partial charge in [0.05, 0.1) is 24.3 Å². The van der Waals surface area contributed by atoms with Gasteiger partial charge in [0.2, 0.25) is 0 Å². The molecule has 2 heterocycles. The maximum atomic E-state index is 13.2. The fraction of sp³-hybridized carbons (Fsp3) is 0.125. The van der Waals surface area contributed by atoms with E-state index >= 15 is 0 Å². The van der Waals surface area contributed by atoms with Crippen LogP contribution in [0, 0.1) is 6.92 Å². The van der Waals surface area contributed by atoms with Gasteiger partial charge in [0.25, 0.3) is 11.7 Å². The van der Waals surface area contributed by atoms with Gasteiger partial charge in [-0.15, -0.1) is 0 Å². The van der Waals surface area contributed by atoms with Crippen LogP contribution in [0.25, 0.3) is 5.76 Å². The number of amides is 1. The Morgan fingerprint density at radius 2 is 1.81 bits per heavy atom. The van der Waals surface area contributed by atoms with E-state index in [1.165, 1.54) is 18.1 Å². The second-order valence-electron chi connectivity index (χ2n) is 7.23. The molecule has 3 aromatic rings. The number of aryl methyl sites for hydroxylation is 1. The number of benzene rings is 2. The number of ether oxygens (including phenoxy) is 1. The summed E-state index contributed by atoms with van der Waals surface area (Å²) < 4.78 is 5.34. The number of aliphatic hydroxyl groups is 1. The normalized spacial score (nSPS) is 17.6. The summed E-state index contributed by atoms with van der Waals surface area (Å²) in [5, 5.41) is 12.1. The molecule has 32 heavy (non-hydrogen) atoms. The number of halogens is 2. The number of Topliss-reactive ketones (excluding diaryl/α,β-unsaturated/α-hetero) is 1. The number of hydrogen-bond acceptors (Lipinski definition) is 5. The number of methoxy groups -OCH3 is 1. The van der Waals surface area contributed by atoms with E-state index < -0.39 is 17.7 Å². The summed E-state index contributed by atoms with van der Waals surface area (Å²) >= 11 is 12.2. The molecule has 1 aliphatic rings. The highest BCUT2D eigenvalue weighted by molar-refractivity contribution is 6.52. The van der Waals surface area contributed by atoms with E-state index in [0.29, 0.717) is 32.6 Å². The maximum Gasteiger partial charge on any atom is 0.300 e. The van der Waals surface area contributed by atoms with Gasteiger partial charge in [-0.1, -0.05) is 29.3 Å². The number of aromatic nitrogens is 1. The number of anilines is 1. The lowest BCUT2D eigenvalue weighted by atomic mass is 9.95. The van der Waals surface area contributed by atoms with Crippen LogP contribution in [0.4, 0.5) is 5.69 Å². The number of ketones is 1. The Morgan fingerprint density at radius 3 is 2.47 bits per heavy atom. The van der Waals surface area contributed by atoms with Gasteiger partial charge in [-0.25, -0.2) is 0 Å². The number of aliphatic hydroxyl groups excluding tert-OH is 1. The van der Waals surface area contributed by atoms with Crippen molar-refractivity contribution in [3.8, 4) is 5.75 Å². The lowest BCUT2D eigenvalue weighted by Gasteiger charge is -2.26. The number of hydrogen-bond donors (Lipinski definition) is 1. The molecule has 1 amide bonds. The first-order valence-corrected chi connectivity index (χ1v) is 10.4. The Bertz CT molecular complexity index is 1260. The lowest BCUT2D eigenvalue weighted by Crippen LogP contribution is -2.30. The number of carbonyl (C=O) groups excluding carboxylic acids is 2. The molecule has 162 valence electrons. The van der Waals surface area contributed by atoms with Gasteiger partial charge in [0.1, 0.15) is 11.5 Å². The minimum Gasteiger partial charge on any atom is -0.507 e. The van der Waals surface area contributed by atoms with Crippen molar-refractivity contribution >= 4 is 46.3 Å². The van der Waals surface area contributed by atoms with Gasteiger partial charge in [0.15, 0.2) is 0 Å². The van der Waals surface area contributed by atoms with Crippen LogP contribution in [0.3, 0.4) is 0 Å². The fourth-order valence-corrected chi connectivity index (χ4v) is 4.23. The van der Waals surface area contributed by atoms with E-state index in [0.717, 1.165) is 0 Å². The zero-order valence-corrected chi connectivity index (χ0v) is 18.7. The monoisotopic (exact) mass is 468 g/mol. The second kappa shape index (κ2) is 8.65. The minimum absolute atomic E-state index is 0.0853. The first-order valence-electron chi connectivity index (χ1n) is 9.64. The molecule has 0 spiro atoms. The third-order valence-electron chi connectivity index (χ3n) is 5.28. The fourth-order valence-electron chi connectivity index (χ4n) is 3.83. The molecule has 1 fully saturated rings. The molecule has 1 aromatic heterocycles. The van der Waals surface area contributed by atoms with Gasteiger partial charge in [0, 0.05) is 28.1 Å². The van der Waals surface area contributed by atoms with Crippen molar-refractivity contribution in [3.63, 3.8) is 0 Å². The smallest absolute Gasteiger partial charge is 0.300 e. The minimum atomic E-state index is -0.910. The molecular formula is C24H18Cl2N2O4. The molecular weight excluding hydrogens is 451 g/mol. The van der Waals surface area contributed by atoms with Crippen LogP contribution in [0.1, 0.15) is 22.7 Å². The summed E-state index contributed by atoms with van der Waals surface area (Å²) in [6.45, 7) is 1.79. The van der Waals surface area contributed by atoms with Crippen LogP contribution in [0.2, 0.25) is 10.0 Å². The van der Waals surface area contributed by atoms with Crippen molar-refractivity contribution in [2.24, 2.45) is 0 Å². The third-order valence-corrected chi connectivity index (χ3v) is 5.75. The Balaban J connectivity index is 2.00. The summed E-state index contributed by atoms with van der Waals surface area (Å²) in [5.41, 5.74) is 1.89. The predicted octanol–water partition coefficient (Wildman–Crippen LogP) is 5.33. The van der Waals surface area contributed by atoms with E-state index in [1.807, 2.05) is 0 Å². The van der Waals surface area contributed by atoms with E-state index in [4.69, 9.17) is 27.9 Å². The Labute approximate surface area is 194 Å². The highest BCUT2D eigenvalue weighted by Gasteiger charge is 2.47. The van der Waals surface area contributed by atoms with Crippen LogP contribution in [-0.4, -0.2) is 28.9 Å². The summed E-state index contributed by atoms with van der Waals surface area (Å²) in [6.07, 6.45) is 3.14.